The summed E-state index contributed by atoms with van der Waals surface area (Å²) in [5.74, 6) is 0. The fraction of sp³-hybridized carbons (Fsp3) is 0.941. The van der Waals surface area contributed by atoms with Crippen molar-refractivity contribution >= 4 is 6.16 Å². The fourth-order valence-corrected chi connectivity index (χ4v) is 2.25. The molecule has 0 atom stereocenters. The van der Waals surface area contributed by atoms with Crippen molar-refractivity contribution in [3.63, 3.8) is 0 Å². The van der Waals surface area contributed by atoms with Gasteiger partial charge in [-0.2, -0.15) is 0 Å². The smallest absolute Gasteiger partial charge is 0.249 e. The molecule has 0 unspecified atom stereocenters. The molecule has 0 radical (unpaired) electrons. The molecule has 0 saturated heterocycles. The monoisotopic (exact) mass is 303 g/mol. The Morgan fingerprint density at radius 3 is 1.38 bits per heavy atom. The first-order valence-electron chi connectivity index (χ1n) is 8.50. The van der Waals surface area contributed by atoms with Crippen LogP contribution >= 0.6 is 0 Å². The van der Waals surface area contributed by atoms with E-state index in [4.69, 9.17) is 15.0 Å². The van der Waals surface area contributed by atoms with E-state index in [-0.39, 0.29) is 0 Å². The third kappa shape index (κ3) is 32.6. The van der Waals surface area contributed by atoms with Crippen molar-refractivity contribution in [2.24, 2.45) is 0 Å². The number of rotatable bonds is 12. The third-order valence-corrected chi connectivity index (χ3v) is 3.43. The van der Waals surface area contributed by atoms with Crippen LogP contribution in [-0.4, -0.2) is 43.4 Å². The van der Waals surface area contributed by atoms with Crippen LogP contribution in [0, 0.1) is 0 Å². The maximum absolute atomic E-state index is 8.44. The minimum atomic E-state index is -2.08. The highest BCUT2D eigenvalue weighted by Crippen LogP contribution is 2.11. The molecule has 0 spiro atoms. The van der Waals surface area contributed by atoms with Crippen molar-refractivity contribution in [2.45, 2.75) is 77.6 Å². The maximum Gasteiger partial charge on any atom is 0.249 e. The van der Waals surface area contributed by atoms with Crippen LogP contribution in [0.2, 0.25) is 0 Å². The summed E-state index contributed by atoms with van der Waals surface area (Å²) in [7, 11) is 6.86. The van der Waals surface area contributed by atoms with Crippen LogP contribution in [0.25, 0.3) is 0 Å². The Labute approximate surface area is 131 Å². The van der Waals surface area contributed by atoms with E-state index in [1.165, 1.54) is 77.2 Å². The predicted octanol–water partition coefficient (Wildman–Crippen LogP) is 3.89. The topological polar surface area (TPSA) is 60.4 Å². The number of hydrogen-bond donors (Lipinski definition) is 1. The van der Waals surface area contributed by atoms with Crippen molar-refractivity contribution < 1.29 is 19.5 Å². The zero-order chi connectivity index (χ0) is 16.6. The normalized spacial score (nSPS) is 10.9. The largest absolute Gasteiger partial charge is 0.565 e. The summed E-state index contributed by atoms with van der Waals surface area (Å²) >= 11 is 0. The van der Waals surface area contributed by atoms with Gasteiger partial charge >= 0.3 is 0 Å². The summed E-state index contributed by atoms with van der Waals surface area (Å²) in [6, 6.07) is 0. The summed E-state index contributed by atoms with van der Waals surface area (Å²) < 4.78 is 1.12. The van der Waals surface area contributed by atoms with Gasteiger partial charge in [-0.15, -0.1) is 0 Å². The van der Waals surface area contributed by atoms with Gasteiger partial charge < -0.3 is 19.5 Å². The van der Waals surface area contributed by atoms with E-state index in [9.17, 15) is 0 Å². The molecule has 0 aliphatic rings. The van der Waals surface area contributed by atoms with E-state index in [0.29, 0.717) is 0 Å². The van der Waals surface area contributed by atoms with Crippen LogP contribution in [0.5, 0.6) is 0 Å². The SMILES string of the molecule is CCCCCCCCCCCCC[N+](C)(C)C.O=C([O-])O. The minimum Gasteiger partial charge on any atom is -0.565 e. The lowest BCUT2D eigenvalue weighted by molar-refractivity contribution is -0.870. The van der Waals surface area contributed by atoms with Gasteiger partial charge in [0.15, 0.2) is 0 Å². The highest BCUT2D eigenvalue weighted by molar-refractivity contribution is 5.50. The molecular formula is C17H37NO3. The van der Waals surface area contributed by atoms with Crippen LogP contribution < -0.4 is 5.11 Å². The Hall–Kier alpha value is -0.770. The molecular weight excluding hydrogens is 266 g/mol. The van der Waals surface area contributed by atoms with Gasteiger partial charge in [-0.25, -0.2) is 0 Å². The summed E-state index contributed by atoms with van der Waals surface area (Å²) in [6.07, 6.45) is 13.8. The first-order valence-corrected chi connectivity index (χ1v) is 8.50. The number of nitrogens with zero attached hydrogens (tertiary/aromatic N) is 1. The highest BCUT2D eigenvalue weighted by atomic mass is 16.6. The molecule has 4 nitrogen and oxygen atoms in total. The average molecular weight is 303 g/mol. The third-order valence-electron chi connectivity index (χ3n) is 3.43. The number of quaternary nitrogens is 1. The Morgan fingerprint density at radius 1 is 0.810 bits per heavy atom. The lowest BCUT2D eigenvalue weighted by atomic mass is 10.1. The number of hydrogen-bond acceptors (Lipinski definition) is 2. The molecule has 0 amide bonds. The maximum atomic E-state index is 8.44. The van der Waals surface area contributed by atoms with Gasteiger partial charge in [0.2, 0.25) is 6.16 Å². The van der Waals surface area contributed by atoms with Gasteiger partial charge in [-0.1, -0.05) is 64.7 Å². The van der Waals surface area contributed by atoms with E-state index in [0.717, 1.165) is 4.48 Å². The number of unbranched alkanes of at least 4 members (excludes halogenated alkanes) is 10. The summed E-state index contributed by atoms with van der Waals surface area (Å²) in [4.78, 5) is 8.44. The average Bonchev–Trinajstić information content (AvgIpc) is 2.34. The first kappa shape index (κ1) is 22.5. The molecule has 21 heavy (non-hydrogen) atoms. The second-order valence-electron chi connectivity index (χ2n) is 6.82. The van der Waals surface area contributed by atoms with Crippen molar-refractivity contribution in [1.29, 1.82) is 0 Å². The molecule has 128 valence electrons. The summed E-state index contributed by atoms with van der Waals surface area (Å²) in [5, 5.41) is 15.3. The lowest BCUT2D eigenvalue weighted by Gasteiger charge is -2.23. The Kier molecular flexibility index (Phi) is 16.7. The van der Waals surface area contributed by atoms with Crippen LogP contribution in [0.4, 0.5) is 4.79 Å². The number of carbonyl (C=O) groups is 1. The van der Waals surface area contributed by atoms with Crippen molar-refractivity contribution in [2.75, 3.05) is 27.7 Å². The minimum absolute atomic E-state index is 1.12. The molecule has 1 N–H and O–H groups in total. The van der Waals surface area contributed by atoms with Crippen LogP contribution in [-0.2, 0) is 0 Å². The standard InChI is InChI=1S/C16H36N.CH2O3/c1-5-6-7-8-9-10-11-12-13-14-15-16-17(2,3)4;2-1(3)4/h5-16H2,1-4H3;(H2,2,3,4)/q+1;/p-1. The Morgan fingerprint density at radius 2 is 1.10 bits per heavy atom. The van der Waals surface area contributed by atoms with Crippen LogP contribution in [0.15, 0.2) is 0 Å². The Balaban J connectivity index is 0. The Bertz CT molecular complexity index is 221. The van der Waals surface area contributed by atoms with E-state index in [1.807, 2.05) is 0 Å². The van der Waals surface area contributed by atoms with Crippen LogP contribution in [0.3, 0.4) is 0 Å². The molecule has 0 aliphatic heterocycles. The van der Waals surface area contributed by atoms with E-state index < -0.39 is 6.16 Å². The van der Waals surface area contributed by atoms with E-state index >= 15 is 0 Å². The second-order valence-corrected chi connectivity index (χ2v) is 6.82. The first-order chi connectivity index (χ1) is 9.79. The summed E-state index contributed by atoms with van der Waals surface area (Å²) in [5.41, 5.74) is 0. The lowest BCUT2D eigenvalue weighted by Crippen LogP contribution is -2.35. The predicted molar refractivity (Wildman–Crippen MR) is 87.4 cm³/mol. The van der Waals surface area contributed by atoms with Gasteiger partial charge in [-0.05, 0) is 12.8 Å². The van der Waals surface area contributed by atoms with Crippen molar-refractivity contribution in [1.82, 2.24) is 0 Å². The van der Waals surface area contributed by atoms with Gasteiger partial charge in [0.1, 0.15) is 0 Å². The van der Waals surface area contributed by atoms with Gasteiger partial charge in [0, 0.05) is 0 Å². The van der Waals surface area contributed by atoms with Crippen molar-refractivity contribution in [3.8, 4) is 0 Å². The van der Waals surface area contributed by atoms with E-state index in [2.05, 4.69) is 28.1 Å². The van der Waals surface area contributed by atoms with Crippen LogP contribution in [0.1, 0.15) is 77.6 Å². The molecule has 0 aliphatic carbocycles. The molecule has 0 saturated carbocycles. The number of carboxylic acid groups (broad SMARTS) is 2. The van der Waals surface area contributed by atoms with Crippen molar-refractivity contribution in [3.05, 3.63) is 0 Å². The molecule has 0 heterocycles. The molecule has 0 fully saturated rings. The van der Waals surface area contributed by atoms with Gasteiger partial charge in [0.05, 0.1) is 27.7 Å². The summed E-state index contributed by atoms with van der Waals surface area (Å²) in [6.45, 7) is 3.62. The highest BCUT2D eigenvalue weighted by Gasteiger charge is 2.04. The quantitative estimate of drug-likeness (QED) is 0.439. The second kappa shape index (κ2) is 15.6. The molecule has 0 aromatic carbocycles. The zero-order valence-corrected chi connectivity index (χ0v) is 14.7. The molecule has 0 aromatic rings. The van der Waals surface area contributed by atoms with Gasteiger partial charge in [-0.3, -0.25) is 0 Å². The molecule has 0 aromatic heterocycles. The van der Waals surface area contributed by atoms with Gasteiger partial charge in [0.25, 0.3) is 0 Å². The molecule has 0 rings (SSSR count). The van der Waals surface area contributed by atoms with E-state index in [1.54, 1.807) is 0 Å². The fourth-order valence-electron chi connectivity index (χ4n) is 2.25. The molecule has 4 heteroatoms. The molecule has 0 bridgehead atoms. The zero-order valence-electron chi connectivity index (χ0n) is 14.7.